The van der Waals surface area contributed by atoms with Crippen molar-refractivity contribution >= 4 is 15.9 Å². The van der Waals surface area contributed by atoms with Gasteiger partial charge in [0.25, 0.3) is 0 Å². The average Bonchev–Trinajstić information content (AvgIpc) is 2.44. The largest absolute Gasteiger partial charge is 0.348 e. The smallest absolute Gasteiger partial charge is 0.243 e. The van der Waals surface area contributed by atoms with Gasteiger partial charge in [0, 0.05) is 20.6 Å². The molecule has 0 aliphatic heterocycles. The number of likely N-dealkylation sites (N-methyl/N-ethyl adjacent to an activating group) is 2. The summed E-state index contributed by atoms with van der Waals surface area (Å²) in [5.74, 6) is -1.16. The topological polar surface area (TPSA) is 81.5 Å². The van der Waals surface area contributed by atoms with Crippen LogP contribution < -0.4 is 0 Å². The molecule has 0 fully saturated rings. The molecule has 1 aromatic rings. The summed E-state index contributed by atoms with van der Waals surface area (Å²) >= 11 is 0. The maximum atomic E-state index is 13.3. The summed E-state index contributed by atoms with van der Waals surface area (Å²) in [5.41, 5.74) is -0.355. The van der Waals surface area contributed by atoms with Crippen LogP contribution in [0.25, 0.3) is 0 Å². The van der Waals surface area contributed by atoms with Gasteiger partial charge in [-0.1, -0.05) is 6.92 Å². The Morgan fingerprint density at radius 1 is 1.38 bits per heavy atom. The molecule has 0 heterocycles. The van der Waals surface area contributed by atoms with E-state index in [1.807, 2.05) is 0 Å². The van der Waals surface area contributed by atoms with Crippen LogP contribution in [-0.4, -0.2) is 50.7 Å². The lowest BCUT2D eigenvalue weighted by molar-refractivity contribution is -0.128. The second-order valence-corrected chi connectivity index (χ2v) is 6.41. The van der Waals surface area contributed by atoms with Crippen LogP contribution in [0.3, 0.4) is 0 Å². The summed E-state index contributed by atoms with van der Waals surface area (Å²) in [4.78, 5) is 12.7. The van der Waals surface area contributed by atoms with E-state index in [0.29, 0.717) is 0 Å². The molecule has 1 aromatic carbocycles. The highest BCUT2D eigenvalue weighted by molar-refractivity contribution is 7.89. The van der Waals surface area contributed by atoms with Crippen molar-refractivity contribution in [3.05, 3.63) is 29.6 Å². The van der Waals surface area contributed by atoms with Gasteiger partial charge in [-0.05, 0) is 18.2 Å². The Kier molecular flexibility index (Phi) is 5.41. The normalized spacial score (nSPS) is 11.2. The molecule has 0 spiro atoms. The number of sulfonamides is 1. The highest BCUT2D eigenvalue weighted by atomic mass is 32.2. The minimum Gasteiger partial charge on any atom is -0.348 e. The average molecular weight is 313 g/mol. The van der Waals surface area contributed by atoms with Crippen LogP contribution in [-0.2, 0) is 14.8 Å². The van der Waals surface area contributed by atoms with E-state index in [9.17, 15) is 17.6 Å². The first kappa shape index (κ1) is 17.1. The number of rotatable bonds is 5. The zero-order valence-corrected chi connectivity index (χ0v) is 12.8. The van der Waals surface area contributed by atoms with Crippen LogP contribution in [0.15, 0.2) is 23.1 Å². The molecule has 8 heteroatoms. The Morgan fingerprint density at radius 2 is 2.00 bits per heavy atom. The highest BCUT2D eigenvalue weighted by Gasteiger charge is 2.26. The second kappa shape index (κ2) is 6.65. The fraction of sp³-hybridized carbons (Fsp3) is 0.385. The standard InChI is InChI=1S/C13H16FN3O3S/c1-4-17(9-13(18)16(2)3)21(19,20)11-5-6-12(14)10(7-11)8-15/h5-7H,4,9H2,1-3H3. The van der Waals surface area contributed by atoms with Crippen molar-refractivity contribution in [2.75, 3.05) is 27.2 Å². The number of halogens is 1. The number of benzene rings is 1. The van der Waals surface area contributed by atoms with Gasteiger partial charge in [0.15, 0.2) is 0 Å². The van der Waals surface area contributed by atoms with Gasteiger partial charge in [0.2, 0.25) is 15.9 Å². The van der Waals surface area contributed by atoms with E-state index in [-0.39, 0.29) is 29.5 Å². The van der Waals surface area contributed by atoms with E-state index in [0.717, 1.165) is 22.5 Å². The predicted octanol–water partition coefficient (Wildman–Crippen LogP) is 0.796. The van der Waals surface area contributed by atoms with Gasteiger partial charge in [-0.2, -0.15) is 9.57 Å². The van der Waals surface area contributed by atoms with E-state index in [2.05, 4.69) is 0 Å². The lowest BCUT2D eigenvalue weighted by atomic mass is 10.2. The lowest BCUT2D eigenvalue weighted by Gasteiger charge is -2.22. The summed E-state index contributed by atoms with van der Waals surface area (Å²) in [5, 5.41) is 8.76. The first-order chi connectivity index (χ1) is 9.73. The SMILES string of the molecule is CCN(CC(=O)N(C)C)S(=O)(=O)c1ccc(F)c(C#N)c1. The monoisotopic (exact) mass is 313 g/mol. The summed E-state index contributed by atoms with van der Waals surface area (Å²) in [7, 11) is -0.916. The van der Waals surface area contributed by atoms with E-state index in [4.69, 9.17) is 5.26 Å². The number of nitriles is 1. The third kappa shape index (κ3) is 3.77. The molecule has 0 saturated carbocycles. The number of carbonyl (C=O) groups is 1. The van der Waals surface area contributed by atoms with E-state index < -0.39 is 15.8 Å². The molecular weight excluding hydrogens is 297 g/mol. The number of amides is 1. The van der Waals surface area contributed by atoms with Crippen molar-refractivity contribution in [3.8, 4) is 6.07 Å². The zero-order chi connectivity index (χ0) is 16.2. The molecule has 0 aromatic heterocycles. The van der Waals surface area contributed by atoms with Crippen LogP contribution in [0.4, 0.5) is 4.39 Å². The molecule has 0 bridgehead atoms. The maximum Gasteiger partial charge on any atom is 0.243 e. The second-order valence-electron chi connectivity index (χ2n) is 4.47. The fourth-order valence-electron chi connectivity index (χ4n) is 1.56. The molecular formula is C13H16FN3O3S. The Labute approximate surface area is 123 Å². The maximum absolute atomic E-state index is 13.3. The van der Waals surface area contributed by atoms with Crippen molar-refractivity contribution in [2.24, 2.45) is 0 Å². The van der Waals surface area contributed by atoms with Crippen LogP contribution in [0.2, 0.25) is 0 Å². The van der Waals surface area contributed by atoms with Gasteiger partial charge in [-0.3, -0.25) is 4.79 Å². The zero-order valence-electron chi connectivity index (χ0n) is 12.0. The molecule has 1 rings (SSSR count). The number of nitrogens with zero attached hydrogens (tertiary/aromatic N) is 3. The molecule has 21 heavy (non-hydrogen) atoms. The van der Waals surface area contributed by atoms with Crippen molar-refractivity contribution < 1.29 is 17.6 Å². The van der Waals surface area contributed by atoms with Crippen molar-refractivity contribution in [1.82, 2.24) is 9.21 Å². The molecule has 0 aliphatic rings. The van der Waals surface area contributed by atoms with Gasteiger partial charge in [0.1, 0.15) is 11.9 Å². The van der Waals surface area contributed by atoms with E-state index >= 15 is 0 Å². The van der Waals surface area contributed by atoms with Crippen LogP contribution in [0.1, 0.15) is 12.5 Å². The molecule has 114 valence electrons. The molecule has 0 saturated heterocycles. The fourth-order valence-corrected chi connectivity index (χ4v) is 2.98. The van der Waals surface area contributed by atoms with Crippen molar-refractivity contribution in [1.29, 1.82) is 5.26 Å². The quantitative estimate of drug-likeness (QED) is 0.805. The van der Waals surface area contributed by atoms with Crippen LogP contribution in [0.5, 0.6) is 0 Å². The van der Waals surface area contributed by atoms with E-state index in [1.54, 1.807) is 13.0 Å². The van der Waals surface area contributed by atoms with E-state index in [1.165, 1.54) is 19.0 Å². The Hall–Kier alpha value is -1.98. The Morgan fingerprint density at radius 3 is 2.48 bits per heavy atom. The third-order valence-corrected chi connectivity index (χ3v) is 4.78. The predicted molar refractivity (Wildman–Crippen MR) is 74.2 cm³/mol. The number of hydrogen-bond acceptors (Lipinski definition) is 4. The van der Waals surface area contributed by atoms with Crippen molar-refractivity contribution in [3.63, 3.8) is 0 Å². The molecule has 0 unspecified atom stereocenters. The molecule has 6 nitrogen and oxygen atoms in total. The van der Waals surface area contributed by atoms with Crippen LogP contribution >= 0.6 is 0 Å². The van der Waals surface area contributed by atoms with Gasteiger partial charge in [-0.25, -0.2) is 12.8 Å². The van der Waals surface area contributed by atoms with Gasteiger partial charge in [0.05, 0.1) is 17.0 Å². The molecule has 0 atom stereocenters. The Bertz CT molecular complexity index is 680. The molecule has 1 amide bonds. The highest BCUT2D eigenvalue weighted by Crippen LogP contribution is 2.18. The number of hydrogen-bond donors (Lipinski definition) is 0. The summed E-state index contributed by atoms with van der Waals surface area (Å²) < 4.78 is 39.1. The third-order valence-electron chi connectivity index (χ3n) is 2.86. The number of carbonyl (C=O) groups excluding carboxylic acids is 1. The van der Waals surface area contributed by atoms with Crippen molar-refractivity contribution in [2.45, 2.75) is 11.8 Å². The van der Waals surface area contributed by atoms with Crippen LogP contribution in [0, 0.1) is 17.1 Å². The lowest BCUT2D eigenvalue weighted by Crippen LogP contribution is -2.40. The molecule has 0 radical (unpaired) electrons. The first-order valence-corrected chi connectivity index (χ1v) is 7.58. The Balaban J connectivity index is 3.19. The summed E-state index contributed by atoms with van der Waals surface area (Å²) in [6, 6.07) is 4.56. The van der Waals surface area contributed by atoms with Gasteiger partial charge >= 0.3 is 0 Å². The minimum absolute atomic E-state index is 0.0845. The minimum atomic E-state index is -3.96. The summed E-state index contributed by atoms with van der Waals surface area (Å²) in [6.45, 7) is 1.36. The molecule has 0 N–H and O–H groups in total. The summed E-state index contributed by atoms with van der Waals surface area (Å²) in [6.07, 6.45) is 0. The molecule has 0 aliphatic carbocycles. The van der Waals surface area contributed by atoms with Gasteiger partial charge < -0.3 is 4.90 Å². The first-order valence-electron chi connectivity index (χ1n) is 6.14. The van der Waals surface area contributed by atoms with Gasteiger partial charge in [-0.15, -0.1) is 0 Å².